The van der Waals surface area contributed by atoms with Crippen LogP contribution in [0.2, 0.25) is 0 Å². The van der Waals surface area contributed by atoms with E-state index in [-0.39, 0.29) is 6.10 Å². The molecule has 0 fully saturated rings. The van der Waals surface area contributed by atoms with E-state index in [1.54, 1.807) is 24.3 Å². The van der Waals surface area contributed by atoms with Crippen LogP contribution >= 0.6 is 0 Å². The van der Waals surface area contributed by atoms with Crippen LogP contribution in [0.1, 0.15) is 36.2 Å². The van der Waals surface area contributed by atoms with E-state index >= 15 is 0 Å². The second-order valence-electron chi connectivity index (χ2n) is 5.34. The van der Waals surface area contributed by atoms with E-state index in [0.717, 1.165) is 0 Å². The molecule has 0 aliphatic rings. The molecule has 0 aliphatic heterocycles. The number of carbonyl (C=O) groups excluding carboxylic acids is 3. The number of hydrogen-bond acceptors (Lipinski definition) is 6. The molecule has 0 atom stereocenters. The summed E-state index contributed by atoms with van der Waals surface area (Å²) in [4.78, 5) is 34.4. The molecule has 8 heteroatoms. The number of nitrogens with zero attached hydrogens (tertiary/aromatic N) is 1. The lowest BCUT2D eigenvalue weighted by Gasteiger charge is -2.07. The summed E-state index contributed by atoms with van der Waals surface area (Å²) in [6, 6.07) is 6.41. The maximum atomic E-state index is 11.6. The topological polar surface area (TPSA) is 106 Å². The summed E-state index contributed by atoms with van der Waals surface area (Å²) in [5.74, 6) is -2.05. The van der Waals surface area contributed by atoms with Crippen LogP contribution in [0.25, 0.3) is 0 Å². The minimum absolute atomic E-state index is 0.134. The van der Waals surface area contributed by atoms with Crippen molar-refractivity contribution < 1.29 is 23.9 Å². The van der Waals surface area contributed by atoms with E-state index in [1.807, 2.05) is 13.8 Å². The Balaban J connectivity index is 2.33. The maximum Gasteiger partial charge on any atom is 0.337 e. The van der Waals surface area contributed by atoms with Gasteiger partial charge in [0.25, 0.3) is 0 Å². The fourth-order valence-electron chi connectivity index (χ4n) is 1.71. The van der Waals surface area contributed by atoms with E-state index in [9.17, 15) is 14.4 Å². The van der Waals surface area contributed by atoms with Gasteiger partial charge in [-0.05, 0) is 38.0 Å². The van der Waals surface area contributed by atoms with Crippen molar-refractivity contribution >= 4 is 24.0 Å². The molecule has 0 aliphatic carbocycles. The van der Waals surface area contributed by atoms with Crippen molar-refractivity contribution in [3.8, 4) is 0 Å². The van der Waals surface area contributed by atoms with Crippen LogP contribution in [0.3, 0.4) is 0 Å². The Hall–Kier alpha value is -2.74. The van der Waals surface area contributed by atoms with E-state index in [0.29, 0.717) is 30.7 Å². The largest absolute Gasteiger partial charge is 0.465 e. The number of methoxy groups -OCH3 is 1. The number of benzene rings is 1. The van der Waals surface area contributed by atoms with Crippen molar-refractivity contribution in [2.24, 2.45) is 5.10 Å². The molecule has 0 aromatic heterocycles. The predicted octanol–water partition coefficient (Wildman–Crippen LogP) is 0.855. The molecular formula is C17H23N3O5. The van der Waals surface area contributed by atoms with Crippen LogP contribution in [0.15, 0.2) is 29.4 Å². The highest BCUT2D eigenvalue weighted by atomic mass is 16.5. The first kappa shape index (κ1) is 20.3. The van der Waals surface area contributed by atoms with Gasteiger partial charge in [-0.1, -0.05) is 12.1 Å². The summed E-state index contributed by atoms with van der Waals surface area (Å²) in [7, 11) is 1.30. The highest BCUT2D eigenvalue weighted by molar-refractivity contribution is 6.35. The minimum atomic E-state index is -0.854. The summed E-state index contributed by atoms with van der Waals surface area (Å²) < 4.78 is 9.92. The third kappa shape index (κ3) is 8.07. The lowest BCUT2D eigenvalue weighted by Crippen LogP contribution is -2.38. The van der Waals surface area contributed by atoms with Crippen molar-refractivity contribution in [2.75, 3.05) is 20.3 Å². The molecular weight excluding hydrogens is 326 g/mol. The molecule has 0 radical (unpaired) electrons. The average Bonchev–Trinajstić information content (AvgIpc) is 2.60. The number of amides is 2. The minimum Gasteiger partial charge on any atom is -0.465 e. The zero-order valence-electron chi connectivity index (χ0n) is 14.6. The van der Waals surface area contributed by atoms with Gasteiger partial charge in [-0.3, -0.25) is 9.59 Å². The smallest absolute Gasteiger partial charge is 0.337 e. The Kier molecular flexibility index (Phi) is 8.87. The summed E-state index contributed by atoms with van der Waals surface area (Å²) in [6.45, 7) is 4.71. The van der Waals surface area contributed by atoms with Crippen molar-refractivity contribution in [3.05, 3.63) is 35.4 Å². The first-order valence-electron chi connectivity index (χ1n) is 7.85. The standard InChI is InChI=1S/C17H23N3O5/c1-12(2)25-10-4-9-18-15(21)16(22)20-19-11-13-5-7-14(8-6-13)17(23)24-3/h5-8,11-12H,4,9-10H2,1-3H3,(H,18,21)(H,20,22)/b19-11-. The van der Waals surface area contributed by atoms with Crippen molar-refractivity contribution in [3.63, 3.8) is 0 Å². The molecule has 0 heterocycles. The van der Waals surface area contributed by atoms with Crippen LogP contribution in [-0.2, 0) is 19.1 Å². The van der Waals surface area contributed by atoms with Gasteiger partial charge >= 0.3 is 17.8 Å². The van der Waals surface area contributed by atoms with Crippen molar-refractivity contribution in [1.82, 2.24) is 10.7 Å². The second kappa shape index (κ2) is 10.9. The van der Waals surface area contributed by atoms with Gasteiger partial charge in [0.2, 0.25) is 0 Å². The van der Waals surface area contributed by atoms with Gasteiger partial charge in [-0.15, -0.1) is 0 Å². The fraction of sp³-hybridized carbons (Fsp3) is 0.412. The Morgan fingerprint density at radius 3 is 2.44 bits per heavy atom. The number of hydrazone groups is 1. The number of hydrogen-bond donors (Lipinski definition) is 2. The molecule has 2 N–H and O–H groups in total. The quantitative estimate of drug-likeness (QED) is 0.238. The Bertz CT molecular complexity index is 611. The number of ether oxygens (including phenoxy) is 2. The van der Waals surface area contributed by atoms with Gasteiger partial charge < -0.3 is 14.8 Å². The van der Waals surface area contributed by atoms with Crippen LogP contribution in [0, 0.1) is 0 Å². The van der Waals surface area contributed by atoms with Gasteiger partial charge in [0, 0.05) is 13.2 Å². The van der Waals surface area contributed by atoms with E-state index < -0.39 is 17.8 Å². The Labute approximate surface area is 146 Å². The number of nitrogens with one attached hydrogen (secondary N) is 2. The Morgan fingerprint density at radius 2 is 1.84 bits per heavy atom. The zero-order chi connectivity index (χ0) is 18.7. The monoisotopic (exact) mass is 349 g/mol. The average molecular weight is 349 g/mol. The van der Waals surface area contributed by atoms with Crippen molar-refractivity contribution in [1.29, 1.82) is 0 Å². The third-order valence-electron chi connectivity index (χ3n) is 2.98. The van der Waals surface area contributed by atoms with E-state index in [4.69, 9.17) is 4.74 Å². The molecule has 0 spiro atoms. The Morgan fingerprint density at radius 1 is 1.16 bits per heavy atom. The predicted molar refractivity (Wildman–Crippen MR) is 92.2 cm³/mol. The van der Waals surface area contributed by atoms with Crippen LogP contribution in [0.5, 0.6) is 0 Å². The summed E-state index contributed by atoms with van der Waals surface area (Å²) in [6.07, 6.45) is 2.12. The van der Waals surface area contributed by atoms with E-state index in [2.05, 4.69) is 20.6 Å². The summed E-state index contributed by atoms with van der Waals surface area (Å²) >= 11 is 0. The maximum absolute atomic E-state index is 11.6. The molecule has 0 bridgehead atoms. The number of esters is 1. The molecule has 1 aromatic carbocycles. The van der Waals surface area contributed by atoms with Crippen LogP contribution in [-0.4, -0.2) is 50.4 Å². The molecule has 1 aromatic rings. The van der Waals surface area contributed by atoms with Gasteiger partial charge in [0.05, 0.1) is 25.0 Å². The lowest BCUT2D eigenvalue weighted by atomic mass is 10.1. The third-order valence-corrected chi connectivity index (χ3v) is 2.98. The molecule has 1 rings (SSSR count). The first-order valence-corrected chi connectivity index (χ1v) is 7.85. The summed E-state index contributed by atoms with van der Waals surface area (Å²) in [5.41, 5.74) is 3.19. The normalized spacial score (nSPS) is 10.7. The second-order valence-corrected chi connectivity index (χ2v) is 5.34. The molecule has 0 unspecified atom stereocenters. The zero-order valence-corrected chi connectivity index (χ0v) is 14.6. The fourth-order valence-corrected chi connectivity index (χ4v) is 1.71. The molecule has 0 saturated heterocycles. The number of carbonyl (C=O) groups is 3. The highest BCUT2D eigenvalue weighted by Gasteiger charge is 2.11. The molecule has 25 heavy (non-hydrogen) atoms. The highest BCUT2D eigenvalue weighted by Crippen LogP contribution is 2.03. The van der Waals surface area contributed by atoms with Gasteiger partial charge in [0.15, 0.2) is 0 Å². The van der Waals surface area contributed by atoms with Crippen LogP contribution in [0.4, 0.5) is 0 Å². The molecule has 2 amide bonds. The molecule has 0 saturated carbocycles. The van der Waals surface area contributed by atoms with Gasteiger partial charge in [-0.25, -0.2) is 10.2 Å². The lowest BCUT2D eigenvalue weighted by molar-refractivity contribution is -0.139. The van der Waals surface area contributed by atoms with E-state index in [1.165, 1.54) is 13.3 Å². The van der Waals surface area contributed by atoms with Crippen molar-refractivity contribution in [2.45, 2.75) is 26.4 Å². The summed E-state index contributed by atoms with van der Waals surface area (Å²) in [5, 5.41) is 6.17. The number of rotatable bonds is 8. The van der Waals surface area contributed by atoms with Crippen LogP contribution < -0.4 is 10.7 Å². The van der Waals surface area contributed by atoms with Gasteiger partial charge in [0.1, 0.15) is 0 Å². The SMILES string of the molecule is COC(=O)c1ccc(/C=N\NC(=O)C(=O)NCCCOC(C)C)cc1. The van der Waals surface area contributed by atoms with Gasteiger partial charge in [-0.2, -0.15) is 5.10 Å². The molecule has 136 valence electrons. The first-order chi connectivity index (χ1) is 11.9. The molecule has 8 nitrogen and oxygen atoms in total.